The van der Waals surface area contributed by atoms with Gasteiger partial charge in [0.25, 0.3) is 0 Å². The maximum Gasteiger partial charge on any atom is 0.159 e. The Morgan fingerprint density at radius 1 is 1.21 bits per heavy atom. The molecule has 86 valence electrons. The molecule has 1 saturated heterocycles. The van der Waals surface area contributed by atoms with E-state index in [-0.39, 0.29) is 6.29 Å². The zero-order valence-electron chi connectivity index (χ0n) is 10.4. The fourth-order valence-corrected chi connectivity index (χ4v) is 1.65. The highest BCUT2D eigenvalue weighted by Gasteiger charge is 2.27. The van der Waals surface area contributed by atoms with Crippen molar-refractivity contribution in [3.05, 3.63) is 0 Å². The van der Waals surface area contributed by atoms with Crippen LogP contribution in [0, 0.1) is 0 Å². The number of rotatable bonds is 2. The van der Waals surface area contributed by atoms with E-state index in [0.29, 0.717) is 12.1 Å². The molecule has 1 rings (SSSR count). The Kier molecular flexibility index (Phi) is 7.15. The summed E-state index contributed by atoms with van der Waals surface area (Å²) >= 11 is 0. The van der Waals surface area contributed by atoms with Gasteiger partial charge in [-0.25, -0.2) is 0 Å². The van der Waals surface area contributed by atoms with Gasteiger partial charge in [0.15, 0.2) is 6.29 Å². The van der Waals surface area contributed by atoms with Crippen molar-refractivity contribution in [3.8, 4) is 0 Å². The van der Waals surface area contributed by atoms with Crippen molar-refractivity contribution in [2.45, 2.75) is 52.0 Å². The molecule has 0 aromatic carbocycles. The van der Waals surface area contributed by atoms with E-state index in [2.05, 4.69) is 25.9 Å². The largest absolute Gasteiger partial charge is 0.356 e. The number of methoxy groups -OCH3 is 1. The smallest absolute Gasteiger partial charge is 0.159 e. The quantitative estimate of drug-likeness (QED) is 0.686. The molecule has 0 radical (unpaired) electrons. The molecule has 0 aromatic heterocycles. The van der Waals surface area contributed by atoms with Gasteiger partial charge in [-0.05, 0) is 27.4 Å². The van der Waals surface area contributed by atoms with Gasteiger partial charge in [-0.15, -0.1) is 0 Å². The summed E-state index contributed by atoms with van der Waals surface area (Å²) in [6, 6.07) is 0.596. The van der Waals surface area contributed by atoms with Gasteiger partial charge in [0.2, 0.25) is 0 Å². The molecule has 14 heavy (non-hydrogen) atoms. The lowest BCUT2D eigenvalue weighted by Crippen LogP contribution is -2.42. The van der Waals surface area contributed by atoms with Crippen LogP contribution in [0.25, 0.3) is 0 Å². The highest BCUT2D eigenvalue weighted by Crippen LogP contribution is 2.22. The summed E-state index contributed by atoms with van der Waals surface area (Å²) in [4.78, 5) is 2.24. The third-order valence-corrected chi connectivity index (χ3v) is 2.45. The van der Waals surface area contributed by atoms with Crippen LogP contribution >= 0.6 is 0 Å². The summed E-state index contributed by atoms with van der Waals surface area (Å²) < 4.78 is 10.8. The number of ether oxygens (including phenoxy) is 2. The van der Waals surface area contributed by atoms with E-state index in [1.807, 2.05) is 13.8 Å². The zero-order valence-corrected chi connectivity index (χ0v) is 10.4. The molecule has 0 unspecified atom stereocenters. The molecular formula is C11H25NO2. The SMILES string of the molecule is CC.CO[C@H]1C[C@@H](N(C)C)C[C@@H](C)O1. The van der Waals surface area contributed by atoms with Crippen molar-refractivity contribution >= 4 is 0 Å². The maximum absolute atomic E-state index is 5.57. The first-order chi connectivity index (χ1) is 6.63. The van der Waals surface area contributed by atoms with Crippen LogP contribution in [0.2, 0.25) is 0 Å². The molecule has 0 bridgehead atoms. The summed E-state index contributed by atoms with van der Waals surface area (Å²) in [6.45, 7) is 6.10. The molecule has 0 amide bonds. The summed E-state index contributed by atoms with van der Waals surface area (Å²) in [6.07, 6.45) is 2.39. The Morgan fingerprint density at radius 3 is 2.21 bits per heavy atom. The van der Waals surface area contributed by atoms with E-state index in [4.69, 9.17) is 9.47 Å². The van der Waals surface area contributed by atoms with Gasteiger partial charge in [0.05, 0.1) is 6.10 Å². The Labute approximate surface area is 88.4 Å². The second-order valence-corrected chi connectivity index (χ2v) is 3.70. The standard InChI is InChI=1S/C9H19NO2.C2H6/c1-7-5-8(10(2)3)6-9(11-4)12-7;1-2/h7-9H,5-6H2,1-4H3;1-2H3/t7-,8+,9-;/m1./s1. The van der Waals surface area contributed by atoms with E-state index in [0.717, 1.165) is 12.8 Å². The molecule has 1 aliphatic heterocycles. The van der Waals surface area contributed by atoms with Crippen molar-refractivity contribution in [1.82, 2.24) is 4.90 Å². The van der Waals surface area contributed by atoms with Crippen molar-refractivity contribution in [2.75, 3.05) is 21.2 Å². The molecule has 3 heteroatoms. The Hall–Kier alpha value is -0.120. The van der Waals surface area contributed by atoms with Gasteiger partial charge in [0, 0.05) is 19.6 Å². The van der Waals surface area contributed by atoms with Crippen LogP contribution < -0.4 is 0 Å². The van der Waals surface area contributed by atoms with Crippen LogP contribution in [-0.4, -0.2) is 44.5 Å². The lowest BCUT2D eigenvalue weighted by molar-refractivity contribution is -0.188. The van der Waals surface area contributed by atoms with Crippen LogP contribution in [-0.2, 0) is 9.47 Å². The van der Waals surface area contributed by atoms with Gasteiger partial charge < -0.3 is 14.4 Å². The fraction of sp³-hybridized carbons (Fsp3) is 1.00. The molecule has 3 atom stereocenters. The van der Waals surface area contributed by atoms with E-state index >= 15 is 0 Å². The maximum atomic E-state index is 5.57. The molecule has 0 saturated carbocycles. The minimum Gasteiger partial charge on any atom is -0.356 e. The average Bonchev–Trinajstić information content (AvgIpc) is 2.20. The lowest BCUT2D eigenvalue weighted by Gasteiger charge is -2.36. The molecule has 1 fully saturated rings. The monoisotopic (exact) mass is 203 g/mol. The van der Waals surface area contributed by atoms with Gasteiger partial charge in [-0.3, -0.25) is 0 Å². The van der Waals surface area contributed by atoms with Crippen LogP contribution in [0.1, 0.15) is 33.6 Å². The predicted octanol–water partition coefficient (Wildman–Crippen LogP) is 2.11. The van der Waals surface area contributed by atoms with Crippen LogP contribution in [0.3, 0.4) is 0 Å². The molecule has 1 aliphatic rings. The van der Waals surface area contributed by atoms with Gasteiger partial charge in [-0.2, -0.15) is 0 Å². The van der Waals surface area contributed by atoms with Crippen molar-refractivity contribution in [2.24, 2.45) is 0 Å². The molecule has 0 aromatic rings. The first kappa shape index (κ1) is 13.9. The molecule has 0 aliphatic carbocycles. The summed E-state index contributed by atoms with van der Waals surface area (Å²) in [7, 11) is 5.92. The zero-order chi connectivity index (χ0) is 11.1. The van der Waals surface area contributed by atoms with Crippen LogP contribution in [0.4, 0.5) is 0 Å². The first-order valence-corrected chi connectivity index (χ1v) is 5.48. The Morgan fingerprint density at radius 2 is 1.79 bits per heavy atom. The minimum absolute atomic E-state index is 0.0128. The third kappa shape index (κ3) is 4.40. The lowest BCUT2D eigenvalue weighted by atomic mass is 10.0. The summed E-state index contributed by atoms with van der Waals surface area (Å²) in [5, 5.41) is 0. The van der Waals surface area contributed by atoms with E-state index < -0.39 is 0 Å². The van der Waals surface area contributed by atoms with Crippen molar-refractivity contribution in [3.63, 3.8) is 0 Å². The normalized spacial score (nSPS) is 32.4. The van der Waals surface area contributed by atoms with Crippen molar-refractivity contribution < 1.29 is 9.47 Å². The Balaban J connectivity index is 0.000000791. The van der Waals surface area contributed by atoms with Crippen LogP contribution in [0.5, 0.6) is 0 Å². The van der Waals surface area contributed by atoms with Crippen molar-refractivity contribution in [1.29, 1.82) is 0 Å². The molecule has 3 nitrogen and oxygen atoms in total. The summed E-state index contributed by atoms with van der Waals surface area (Å²) in [5.74, 6) is 0. The average molecular weight is 203 g/mol. The number of hydrogen-bond acceptors (Lipinski definition) is 3. The molecule has 0 spiro atoms. The predicted molar refractivity (Wildman–Crippen MR) is 59.4 cm³/mol. The molecular weight excluding hydrogens is 178 g/mol. The van der Waals surface area contributed by atoms with Crippen LogP contribution in [0.15, 0.2) is 0 Å². The third-order valence-electron chi connectivity index (χ3n) is 2.45. The summed E-state index contributed by atoms with van der Waals surface area (Å²) in [5.41, 5.74) is 0. The first-order valence-electron chi connectivity index (χ1n) is 5.48. The second kappa shape index (κ2) is 7.21. The van der Waals surface area contributed by atoms with E-state index in [1.165, 1.54) is 0 Å². The Bertz CT molecular complexity index is 139. The fourth-order valence-electron chi connectivity index (χ4n) is 1.65. The highest BCUT2D eigenvalue weighted by molar-refractivity contribution is 4.76. The number of hydrogen-bond donors (Lipinski definition) is 0. The van der Waals surface area contributed by atoms with Gasteiger partial charge >= 0.3 is 0 Å². The second-order valence-electron chi connectivity index (χ2n) is 3.70. The van der Waals surface area contributed by atoms with Gasteiger partial charge in [0.1, 0.15) is 0 Å². The highest BCUT2D eigenvalue weighted by atomic mass is 16.7. The topological polar surface area (TPSA) is 21.7 Å². The van der Waals surface area contributed by atoms with E-state index in [1.54, 1.807) is 7.11 Å². The van der Waals surface area contributed by atoms with Gasteiger partial charge in [-0.1, -0.05) is 13.8 Å². The van der Waals surface area contributed by atoms with E-state index in [9.17, 15) is 0 Å². The number of nitrogens with zero attached hydrogens (tertiary/aromatic N) is 1. The molecule has 1 heterocycles. The minimum atomic E-state index is -0.0128. The molecule has 0 N–H and O–H groups in total.